The molecule has 214 valence electrons. The Kier molecular flexibility index (Phi) is 8.15. The normalized spacial score (nSPS) is 15.7. The van der Waals surface area contributed by atoms with E-state index in [1.807, 2.05) is 15.6 Å². The summed E-state index contributed by atoms with van der Waals surface area (Å²) < 4.78 is 41.0. The molecule has 0 radical (unpaired) electrons. The van der Waals surface area contributed by atoms with Gasteiger partial charge in [0, 0.05) is 60.9 Å². The van der Waals surface area contributed by atoms with Crippen LogP contribution in [-0.4, -0.2) is 61.2 Å². The fraction of sp³-hybridized carbons (Fsp3) is 0.321. The summed E-state index contributed by atoms with van der Waals surface area (Å²) in [4.78, 5) is 40.4. The molecule has 1 atom stereocenters. The number of piperidine rings is 1. The van der Waals surface area contributed by atoms with Crippen LogP contribution >= 0.6 is 11.8 Å². The van der Waals surface area contributed by atoms with Crippen molar-refractivity contribution in [2.45, 2.75) is 31.4 Å². The Labute approximate surface area is 238 Å². The highest BCUT2D eigenvalue weighted by Crippen LogP contribution is 2.34. The molecule has 13 heteroatoms. The van der Waals surface area contributed by atoms with Crippen molar-refractivity contribution in [1.82, 2.24) is 24.3 Å². The molecule has 0 saturated carbocycles. The predicted molar refractivity (Wildman–Crippen MR) is 152 cm³/mol. The molecule has 2 amide bonds. The summed E-state index contributed by atoms with van der Waals surface area (Å²) in [5.74, 6) is 1.20. The van der Waals surface area contributed by atoms with E-state index in [1.165, 1.54) is 0 Å². The number of carbonyl (C=O) groups is 2. The van der Waals surface area contributed by atoms with Crippen LogP contribution in [0.25, 0.3) is 16.8 Å². The first kappa shape index (κ1) is 28.4. The van der Waals surface area contributed by atoms with E-state index < -0.39 is 17.6 Å². The zero-order valence-electron chi connectivity index (χ0n) is 22.2. The minimum Gasteiger partial charge on any atom is -0.382 e. The molecule has 1 aliphatic rings. The lowest BCUT2D eigenvalue weighted by Crippen LogP contribution is -2.39. The van der Waals surface area contributed by atoms with Gasteiger partial charge < -0.3 is 16.0 Å². The van der Waals surface area contributed by atoms with Crippen LogP contribution < -0.4 is 11.1 Å². The van der Waals surface area contributed by atoms with Crippen LogP contribution in [-0.2, 0) is 11.0 Å². The highest BCUT2D eigenvalue weighted by Gasteiger charge is 2.31. The van der Waals surface area contributed by atoms with Crippen molar-refractivity contribution in [1.29, 1.82) is 0 Å². The molecular weight excluding hydrogens is 555 g/mol. The van der Waals surface area contributed by atoms with Crippen LogP contribution in [0.2, 0.25) is 0 Å². The lowest BCUT2D eigenvalue weighted by Gasteiger charge is -2.32. The Morgan fingerprint density at radius 1 is 1.15 bits per heavy atom. The number of nitrogen functional groups attached to an aromatic ring is 1. The largest absolute Gasteiger partial charge is 0.416 e. The number of pyridine rings is 1. The van der Waals surface area contributed by atoms with Gasteiger partial charge in [0.1, 0.15) is 28.7 Å². The van der Waals surface area contributed by atoms with Gasteiger partial charge in [-0.2, -0.15) is 24.9 Å². The maximum atomic E-state index is 13.0. The molecule has 9 nitrogen and oxygen atoms in total. The van der Waals surface area contributed by atoms with Gasteiger partial charge in [0.15, 0.2) is 0 Å². The first-order chi connectivity index (χ1) is 19.7. The lowest BCUT2D eigenvalue weighted by molar-refractivity contribution is -0.137. The standard InChI is InChI=1S/C28H28F3N7O2S/c1-41-14-9-22(39)37-12-2-3-19(16-37)26-36-23(24-25(32)34-11-13-38(24)26)17-4-6-18(7-5-17)27(40)35-21-15-20(8-10-33-21)28(29,30)31/h4-8,10-11,13,15,19H,2-3,9,12,14,16H2,1H3,(H2,32,34)(H,33,35,40). The van der Waals surface area contributed by atoms with Gasteiger partial charge in [0.05, 0.1) is 5.56 Å². The van der Waals surface area contributed by atoms with Crippen molar-refractivity contribution in [2.24, 2.45) is 0 Å². The molecule has 3 N–H and O–H groups in total. The predicted octanol–water partition coefficient (Wildman–Crippen LogP) is 5.10. The molecule has 1 saturated heterocycles. The minimum atomic E-state index is -4.55. The molecule has 4 aromatic rings. The number of alkyl halides is 3. The Morgan fingerprint density at radius 2 is 1.93 bits per heavy atom. The molecule has 1 unspecified atom stereocenters. The van der Waals surface area contributed by atoms with Crippen molar-refractivity contribution in [3.63, 3.8) is 0 Å². The summed E-state index contributed by atoms with van der Waals surface area (Å²) in [6.45, 7) is 1.29. The topological polar surface area (TPSA) is 119 Å². The second kappa shape index (κ2) is 11.8. The van der Waals surface area contributed by atoms with Crippen LogP contribution in [0.15, 0.2) is 55.0 Å². The fourth-order valence-electron chi connectivity index (χ4n) is 4.98. The van der Waals surface area contributed by atoms with Crippen molar-refractivity contribution >= 4 is 40.7 Å². The highest BCUT2D eigenvalue weighted by molar-refractivity contribution is 7.98. The molecule has 5 rings (SSSR count). The molecule has 41 heavy (non-hydrogen) atoms. The smallest absolute Gasteiger partial charge is 0.382 e. The minimum absolute atomic E-state index is 0.00930. The van der Waals surface area contributed by atoms with E-state index in [1.54, 1.807) is 48.4 Å². The number of rotatable bonds is 7. The van der Waals surface area contributed by atoms with Crippen molar-refractivity contribution in [3.8, 4) is 11.3 Å². The SMILES string of the molecule is CSCCC(=O)N1CCCC(c2nc(-c3ccc(C(=O)Nc4cc(C(F)(F)F)ccn4)cc3)c3c(N)nccn23)C1. The first-order valence-electron chi connectivity index (χ1n) is 13.0. The maximum Gasteiger partial charge on any atom is 0.416 e. The number of aromatic nitrogens is 4. The molecule has 1 aromatic carbocycles. The summed E-state index contributed by atoms with van der Waals surface area (Å²) in [5, 5.41) is 2.41. The van der Waals surface area contributed by atoms with E-state index in [2.05, 4.69) is 15.3 Å². The Balaban J connectivity index is 1.40. The van der Waals surface area contributed by atoms with Crippen LogP contribution in [0.4, 0.5) is 24.8 Å². The van der Waals surface area contributed by atoms with Gasteiger partial charge in [0.2, 0.25) is 5.91 Å². The van der Waals surface area contributed by atoms with E-state index in [4.69, 9.17) is 10.7 Å². The number of thioether (sulfide) groups is 1. The van der Waals surface area contributed by atoms with Gasteiger partial charge in [-0.1, -0.05) is 12.1 Å². The number of benzene rings is 1. The molecule has 0 spiro atoms. The molecule has 3 aromatic heterocycles. The van der Waals surface area contributed by atoms with Gasteiger partial charge >= 0.3 is 6.18 Å². The van der Waals surface area contributed by atoms with E-state index in [0.717, 1.165) is 49.3 Å². The monoisotopic (exact) mass is 583 g/mol. The number of nitrogens with two attached hydrogens (primary N) is 1. The molecule has 0 bridgehead atoms. The van der Waals surface area contributed by atoms with Gasteiger partial charge in [-0.15, -0.1) is 0 Å². The second-order valence-electron chi connectivity index (χ2n) is 9.73. The number of halogens is 3. The highest BCUT2D eigenvalue weighted by atomic mass is 32.2. The Bertz CT molecular complexity index is 1570. The lowest BCUT2D eigenvalue weighted by atomic mass is 9.97. The summed E-state index contributed by atoms with van der Waals surface area (Å²) in [6.07, 6.45) is 4.07. The summed E-state index contributed by atoms with van der Waals surface area (Å²) >= 11 is 1.65. The van der Waals surface area contributed by atoms with E-state index in [0.29, 0.717) is 35.6 Å². The second-order valence-corrected chi connectivity index (χ2v) is 10.7. The van der Waals surface area contributed by atoms with Gasteiger partial charge in [-0.3, -0.25) is 14.0 Å². The fourth-order valence-corrected chi connectivity index (χ4v) is 5.36. The maximum absolute atomic E-state index is 13.0. The number of anilines is 2. The number of fused-ring (bicyclic) bond motifs is 1. The van der Waals surface area contributed by atoms with Crippen molar-refractivity contribution in [3.05, 3.63) is 71.9 Å². The van der Waals surface area contributed by atoms with Crippen LogP contribution in [0, 0.1) is 0 Å². The molecule has 1 fully saturated rings. The van der Waals surface area contributed by atoms with E-state index in [-0.39, 0.29) is 23.2 Å². The van der Waals surface area contributed by atoms with Gasteiger partial charge in [-0.25, -0.2) is 15.0 Å². The zero-order chi connectivity index (χ0) is 29.1. The van der Waals surface area contributed by atoms with Crippen LogP contribution in [0.1, 0.15) is 46.9 Å². The molecular formula is C28H28F3N7O2S. The number of likely N-dealkylation sites (tertiary alicyclic amines) is 1. The number of carbonyl (C=O) groups excluding carboxylic acids is 2. The average molecular weight is 584 g/mol. The van der Waals surface area contributed by atoms with Crippen LogP contribution in [0.5, 0.6) is 0 Å². The average Bonchev–Trinajstić information content (AvgIpc) is 3.37. The van der Waals surface area contributed by atoms with Gasteiger partial charge in [0.25, 0.3) is 5.91 Å². The molecule has 4 heterocycles. The third-order valence-electron chi connectivity index (χ3n) is 7.02. The van der Waals surface area contributed by atoms with E-state index in [9.17, 15) is 22.8 Å². The number of hydrogen-bond acceptors (Lipinski definition) is 7. The number of nitrogens with zero attached hydrogens (tertiary/aromatic N) is 5. The third-order valence-corrected chi connectivity index (χ3v) is 7.63. The van der Waals surface area contributed by atoms with Gasteiger partial charge in [-0.05, 0) is 43.4 Å². The van der Waals surface area contributed by atoms with Crippen molar-refractivity contribution < 1.29 is 22.8 Å². The zero-order valence-corrected chi connectivity index (χ0v) is 23.0. The van der Waals surface area contributed by atoms with Crippen molar-refractivity contribution in [2.75, 3.05) is 36.1 Å². The number of amides is 2. The summed E-state index contributed by atoms with van der Waals surface area (Å²) in [7, 11) is 0. The summed E-state index contributed by atoms with van der Waals surface area (Å²) in [6, 6.07) is 8.13. The third kappa shape index (κ3) is 6.14. The molecule has 1 aliphatic heterocycles. The van der Waals surface area contributed by atoms with E-state index >= 15 is 0 Å². The number of nitrogens with one attached hydrogen (secondary N) is 1. The number of imidazole rings is 1. The Morgan fingerprint density at radius 3 is 2.66 bits per heavy atom. The first-order valence-corrected chi connectivity index (χ1v) is 14.4. The Hall–Kier alpha value is -4.13. The van der Waals surface area contributed by atoms with Crippen LogP contribution in [0.3, 0.4) is 0 Å². The quantitative estimate of drug-likeness (QED) is 0.311. The molecule has 0 aliphatic carbocycles. The number of hydrogen-bond donors (Lipinski definition) is 2. The summed E-state index contributed by atoms with van der Waals surface area (Å²) in [5.41, 5.74) is 7.51.